The number of carbonyl (C=O) groups is 2. The van der Waals surface area contributed by atoms with Crippen molar-refractivity contribution in [1.82, 2.24) is 5.32 Å². The zero-order valence-electron chi connectivity index (χ0n) is 19.6. The molecule has 1 saturated heterocycles. The van der Waals surface area contributed by atoms with E-state index in [1.807, 2.05) is 0 Å². The van der Waals surface area contributed by atoms with Gasteiger partial charge in [0.15, 0.2) is 0 Å². The normalized spacial score (nSPS) is 24.8. The van der Waals surface area contributed by atoms with E-state index < -0.39 is 63.5 Å². The molecule has 39 heavy (non-hydrogen) atoms. The Morgan fingerprint density at radius 2 is 1.69 bits per heavy atom. The Morgan fingerprint density at radius 1 is 1.08 bits per heavy atom. The molecule has 210 valence electrons. The summed E-state index contributed by atoms with van der Waals surface area (Å²) in [4.78, 5) is 28.6. The van der Waals surface area contributed by atoms with Crippen LogP contribution in [0.25, 0.3) is 0 Å². The molecule has 0 saturated carbocycles. The summed E-state index contributed by atoms with van der Waals surface area (Å²) in [5.41, 5.74) is -2.51. The number of hydrogen-bond acceptors (Lipinski definition) is 5. The number of aryl methyl sites for hydroxylation is 1. The minimum absolute atomic E-state index is 0.0210. The highest BCUT2D eigenvalue weighted by Gasteiger charge is 2.62. The van der Waals surface area contributed by atoms with Crippen LogP contribution < -0.4 is 5.32 Å². The van der Waals surface area contributed by atoms with Crippen LogP contribution in [0.3, 0.4) is 0 Å². The number of nitrogens with zero attached hydrogens (tertiary/aromatic N) is 2. The molecule has 2 amide bonds. The van der Waals surface area contributed by atoms with Gasteiger partial charge in [-0.15, -0.1) is 0 Å². The molecule has 1 fully saturated rings. The Bertz CT molecular complexity index is 1490. The number of benzene rings is 2. The standard InChI is InChI=1S/C23H17Cl2F6N3O4S/c1-11-4-12(18-8-21(38-33-18,23(29,30)31)13-5-14(24)7-15(25)6-13)2-3-17(11)19(35)32-16-9-39(37,10-16)34-20(36)22(26,27)28/h2-7,16H,8-10H2,1H3,(H,32,35). The van der Waals surface area contributed by atoms with Gasteiger partial charge in [-0.05, 0) is 48.4 Å². The average Bonchev–Trinajstić information content (AvgIpc) is 3.23. The Morgan fingerprint density at radius 3 is 2.23 bits per heavy atom. The van der Waals surface area contributed by atoms with Gasteiger partial charge in [0, 0.05) is 27.6 Å². The smallest absolute Gasteiger partial charge is 0.374 e. The van der Waals surface area contributed by atoms with E-state index in [2.05, 4.69) is 14.8 Å². The van der Waals surface area contributed by atoms with E-state index in [0.29, 0.717) is 5.56 Å². The second kappa shape index (κ2) is 9.97. The fraction of sp³-hybridized carbons (Fsp3) is 0.348. The molecule has 7 nitrogen and oxygen atoms in total. The van der Waals surface area contributed by atoms with Crippen LogP contribution in [0.2, 0.25) is 10.0 Å². The van der Waals surface area contributed by atoms with Crippen LogP contribution in [-0.2, 0) is 25.0 Å². The highest BCUT2D eigenvalue weighted by Crippen LogP contribution is 2.49. The van der Waals surface area contributed by atoms with Crippen molar-refractivity contribution in [2.24, 2.45) is 9.52 Å². The SMILES string of the molecule is Cc1cc(C2=NOC(c3cc(Cl)cc(Cl)c3)(C(F)(F)F)C2)ccc1C(=O)NC1CS(=O)(=NC(=O)C(F)(F)F)C1. The van der Waals surface area contributed by atoms with Gasteiger partial charge in [0.05, 0.1) is 33.0 Å². The Hall–Kier alpha value is -2.84. The molecule has 0 radical (unpaired) electrons. The highest BCUT2D eigenvalue weighted by molar-refractivity contribution is 7.95. The Labute approximate surface area is 227 Å². The van der Waals surface area contributed by atoms with Gasteiger partial charge < -0.3 is 10.2 Å². The Balaban J connectivity index is 1.48. The summed E-state index contributed by atoms with van der Waals surface area (Å²) in [6.07, 6.45) is -10.8. The molecule has 2 heterocycles. The van der Waals surface area contributed by atoms with E-state index >= 15 is 0 Å². The zero-order chi connectivity index (χ0) is 29.0. The third kappa shape index (κ3) is 5.87. The van der Waals surface area contributed by atoms with Crippen molar-refractivity contribution in [3.05, 3.63) is 68.7 Å². The third-order valence-electron chi connectivity index (χ3n) is 6.07. The van der Waals surface area contributed by atoms with Crippen LogP contribution >= 0.6 is 23.2 Å². The molecule has 1 unspecified atom stereocenters. The van der Waals surface area contributed by atoms with Crippen molar-refractivity contribution in [2.75, 3.05) is 11.5 Å². The quantitative estimate of drug-likeness (QED) is 0.456. The third-order valence-corrected chi connectivity index (χ3v) is 8.85. The molecule has 0 spiro atoms. The van der Waals surface area contributed by atoms with Crippen LogP contribution in [0.15, 0.2) is 45.9 Å². The number of rotatable bonds is 4. The van der Waals surface area contributed by atoms with Gasteiger partial charge in [-0.1, -0.05) is 34.4 Å². The molecule has 2 aliphatic rings. The highest BCUT2D eigenvalue weighted by atomic mass is 35.5. The second-order valence-corrected chi connectivity index (χ2v) is 12.3. The number of nitrogens with one attached hydrogen (secondary N) is 1. The first kappa shape index (κ1) is 29.2. The first-order valence-electron chi connectivity index (χ1n) is 11.0. The summed E-state index contributed by atoms with van der Waals surface area (Å²) in [6.45, 7) is 1.52. The van der Waals surface area contributed by atoms with Gasteiger partial charge in [0.2, 0.25) is 0 Å². The van der Waals surface area contributed by atoms with Crippen molar-refractivity contribution in [2.45, 2.75) is 37.3 Å². The average molecular weight is 616 g/mol. The zero-order valence-corrected chi connectivity index (χ0v) is 22.0. The summed E-state index contributed by atoms with van der Waals surface area (Å²) in [5, 5.41) is 6.12. The van der Waals surface area contributed by atoms with Crippen molar-refractivity contribution < 1.29 is 45.0 Å². The number of oxime groups is 1. The van der Waals surface area contributed by atoms with E-state index in [4.69, 9.17) is 28.0 Å². The first-order chi connectivity index (χ1) is 17.9. The van der Waals surface area contributed by atoms with Crippen molar-refractivity contribution in [1.29, 1.82) is 0 Å². The lowest BCUT2D eigenvalue weighted by Gasteiger charge is -2.30. The fourth-order valence-electron chi connectivity index (χ4n) is 4.15. The number of alkyl halides is 6. The summed E-state index contributed by atoms with van der Waals surface area (Å²) < 4.78 is 94.6. The molecule has 0 aromatic heterocycles. The van der Waals surface area contributed by atoms with Gasteiger partial charge in [-0.25, -0.2) is 4.21 Å². The molecule has 1 N–H and O–H groups in total. The number of halogens is 8. The molecule has 1 atom stereocenters. The molecular formula is C23H17Cl2F6N3O4S. The summed E-state index contributed by atoms with van der Waals surface area (Å²) in [6, 6.07) is 6.79. The Kier molecular flexibility index (Phi) is 7.45. The maximum Gasteiger partial charge on any atom is 0.474 e. The van der Waals surface area contributed by atoms with Gasteiger partial charge in [0.25, 0.3) is 11.5 Å². The maximum absolute atomic E-state index is 14.2. The summed E-state index contributed by atoms with van der Waals surface area (Å²) in [7, 11) is -3.43. The lowest BCUT2D eigenvalue weighted by atomic mass is 9.86. The number of carbonyl (C=O) groups excluding carboxylic acids is 2. The van der Waals surface area contributed by atoms with E-state index in [9.17, 15) is 40.1 Å². The van der Waals surface area contributed by atoms with Gasteiger partial charge in [-0.2, -0.15) is 30.7 Å². The minimum Gasteiger partial charge on any atom is -0.374 e. The monoisotopic (exact) mass is 615 g/mol. The topological polar surface area (TPSA) is 97.2 Å². The van der Waals surface area contributed by atoms with Crippen LogP contribution in [0, 0.1) is 6.92 Å². The lowest BCUT2D eigenvalue weighted by molar-refractivity contribution is -0.275. The molecule has 2 aliphatic heterocycles. The van der Waals surface area contributed by atoms with E-state index in [0.717, 1.165) is 12.1 Å². The van der Waals surface area contributed by atoms with Crippen LogP contribution in [0.1, 0.15) is 33.5 Å². The lowest BCUT2D eigenvalue weighted by Crippen LogP contribution is -2.53. The molecule has 2 aromatic rings. The van der Waals surface area contributed by atoms with Crippen molar-refractivity contribution in [3.8, 4) is 0 Å². The van der Waals surface area contributed by atoms with E-state index in [1.165, 1.54) is 31.2 Å². The summed E-state index contributed by atoms with van der Waals surface area (Å²) >= 11 is 11.8. The van der Waals surface area contributed by atoms with Gasteiger partial charge in [0.1, 0.15) is 0 Å². The predicted octanol–water partition coefficient (Wildman–Crippen LogP) is 5.55. The summed E-state index contributed by atoms with van der Waals surface area (Å²) in [5.74, 6) is -3.97. The van der Waals surface area contributed by atoms with Crippen LogP contribution in [0.4, 0.5) is 26.3 Å². The van der Waals surface area contributed by atoms with Gasteiger partial charge in [-0.3, -0.25) is 9.59 Å². The molecule has 0 aliphatic carbocycles. The maximum atomic E-state index is 14.2. The fourth-order valence-corrected chi connectivity index (χ4v) is 6.55. The van der Waals surface area contributed by atoms with Crippen LogP contribution in [0.5, 0.6) is 0 Å². The van der Waals surface area contributed by atoms with E-state index in [-0.39, 0.29) is 32.4 Å². The van der Waals surface area contributed by atoms with Crippen LogP contribution in [-0.4, -0.2) is 51.6 Å². The van der Waals surface area contributed by atoms with Crippen molar-refractivity contribution in [3.63, 3.8) is 0 Å². The van der Waals surface area contributed by atoms with Crippen molar-refractivity contribution >= 4 is 50.5 Å². The largest absolute Gasteiger partial charge is 0.474 e. The predicted molar refractivity (Wildman–Crippen MR) is 130 cm³/mol. The number of hydrogen-bond donors (Lipinski definition) is 1. The number of amides is 2. The molecule has 0 bridgehead atoms. The molecular weight excluding hydrogens is 599 g/mol. The second-order valence-electron chi connectivity index (χ2n) is 8.99. The molecule has 4 rings (SSSR count). The molecule has 2 aromatic carbocycles. The van der Waals surface area contributed by atoms with E-state index in [1.54, 1.807) is 0 Å². The molecule has 16 heteroatoms. The first-order valence-corrected chi connectivity index (χ1v) is 13.6. The van der Waals surface area contributed by atoms with Gasteiger partial charge >= 0.3 is 18.3 Å². The minimum atomic E-state index is -5.24.